The molecule has 0 saturated carbocycles. The fourth-order valence-corrected chi connectivity index (χ4v) is 6.68. The van der Waals surface area contributed by atoms with Crippen molar-refractivity contribution in [1.82, 2.24) is 9.88 Å². The van der Waals surface area contributed by atoms with Crippen LogP contribution in [0.15, 0.2) is 66.7 Å². The molecule has 3 heterocycles. The number of halogens is 1. The van der Waals surface area contributed by atoms with Crippen molar-refractivity contribution < 1.29 is 28.4 Å². The van der Waals surface area contributed by atoms with E-state index in [-0.39, 0.29) is 11.8 Å². The minimum atomic E-state index is -1.60. The number of fused-ring (bicyclic) bond motifs is 1. The van der Waals surface area contributed by atoms with Gasteiger partial charge in [0.2, 0.25) is 5.88 Å². The van der Waals surface area contributed by atoms with Crippen LogP contribution < -0.4 is 19.1 Å². The van der Waals surface area contributed by atoms with Crippen molar-refractivity contribution >= 4 is 16.6 Å². The van der Waals surface area contributed by atoms with Gasteiger partial charge in [-0.05, 0) is 68.5 Å². The van der Waals surface area contributed by atoms with E-state index in [1.165, 1.54) is 12.1 Å². The highest BCUT2D eigenvalue weighted by atomic mass is 19.1. The number of ether oxygens (including phenoxy) is 4. The number of methoxy groups -OCH3 is 3. The molecule has 0 bridgehead atoms. The summed E-state index contributed by atoms with van der Waals surface area (Å²) in [4.78, 5) is 9.28. The zero-order chi connectivity index (χ0) is 31.1. The van der Waals surface area contributed by atoms with Crippen LogP contribution >= 0.6 is 0 Å². The molecule has 0 amide bonds. The third kappa shape index (κ3) is 5.33. The van der Waals surface area contributed by atoms with E-state index >= 15 is 0 Å². The summed E-state index contributed by atoms with van der Waals surface area (Å²) in [7, 11) is 8.63. The van der Waals surface area contributed by atoms with Crippen molar-refractivity contribution in [2.45, 2.75) is 17.9 Å². The minimum absolute atomic E-state index is 0.278. The molecular formula is C35H40FN3O5. The normalized spacial score (nSPS) is 17.6. The predicted molar refractivity (Wildman–Crippen MR) is 169 cm³/mol. The highest BCUT2D eigenvalue weighted by molar-refractivity contribution is 5.85. The molecule has 4 aromatic rings. The lowest BCUT2D eigenvalue weighted by Crippen LogP contribution is -2.66. The molecule has 2 atom stereocenters. The van der Waals surface area contributed by atoms with Gasteiger partial charge in [0.25, 0.3) is 0 Å². The van der Waals surface area contributed by atoms with E-state index < -0.39 is 17.3 Å². The van der Waals surface area contributed by atoms with Gasteiger partial charge in [0.05, 0.1) is 51.4 Å². The van der Waals surface area contributed by atoms with E-state index in [1.807, 2.05) is 49.3 Å². The zero-order valence-corrected chi connectivity index (χ0v) is 26.0. The second kappa shape index (κ2) is 11.9. The lowest BCUT2D eigenvalue weighted by atomic mass is 9.71. The molecule has 3 aromatic carbocycles. The number of aromatic nitrogens is 1. The summed E-state index contributed by atoms with van der Waals surface area (Å²) in [5.41, 5.74) is 2.33. The first kappa shape index (κ1) is 30.1. The molecule has 0 radical (unpaired) electrons. The predicted octanol–water partition coefficient (Wildman–Crippen LogP) is 5.21. The molecule has 44 heavy (non-hydrogen) atoms. The van der Waals surface area contributed by atoms with Crippen LogP contribution in [0.5, 0.6) is 17.4 Å². The van der Waals surface area contributed by atoms with E-state index in [0.29, 0.717) is 40.6 Å². The van der Waals surface area contributed by atoms with E-state index in [1.54, 1.807) is 33.5 Å². The van der Waals surface area contributed by atoms with Crippen LogP contribution in [0.4, 0.5) is 10.1 Å². The molecule has 232 valence electrons. The zero-order valence-electron chi connectivity index (χ0n) is 26.0. The maximum absolute atomic E-state index is 14.8. The van der Waals surface area contributed by atoms with Gasteiger partial charge in [-0.1, -0.05) is 24.3 Å². The quantitative estimate of drug-likeness (QED) is 0.251. The summed E-state index contributed by atoms with van der Waals surface area (Å²) in [6, 6.07) is 20.0. The molecule has 2 saturated heterocycles. The molecule has 1 N–H and O–H groups in total. The van der Waals surface area contributed by atoms with Crippen molar-refractivity contribution in [3.05, 3.63) is 89.2 Å². The van der Waals surface area contributed by atoms with E-state index in [2.05, 4.69) is 17.0 Å². The largest absolute Gasteiger partial charge is 0.493 e. The third-order valence-electron chi connectivity index (χ3n) is 9.02. The number of hydrogen-bond acceptors (Lipinski definition) is 8. The average molecular weight is 602 g/mol. The lowest BCUT2D eigenvalue weighted by molar-refractivity contribution is -0.127. The lowest BCUT2D eigenvalue weighted by Gasteiger charge is -2.56. The number of benzene rings is 3. The number of para-hydroxylation sites is 1. The number of hydrogen-bond donors (Lipinski definition) is 1. The van der Waals surface area contributed by atoms with E-state index in [4.69, 9.17) is 23.9 Å². The van der Waals surface area contributed by atoms with Gasteiger partial charge < -0.3 is 33.9 Å². The van der Waals surface area contributed by atoms with Crippen LogP contribution in [0.3, 0.4) is 0 Å². The molecule has 9 heteroatoms. The van der Waals surface area contributed by atoms with Gasteiger partial charge in [-0.3, -0.25) is 0 Å². The van der Waals surface area contributed by atoms with Gasteiger partial charge in [0.1, 0.15) is 11.4 Å². The fourth-order valence-electron chi connectivity index (χ4n) is 6.68. The standard InChI is InChI=1S/C35H40FN3O5/c1-38(2)15-14-35(40,24-8-6-9-25(36)18-24)31(27-10-7-11-30(41-3)32(27)42-4)28-17-23-16-26(12-13-29(23)37-33(28)43-5)39-19-34(20-39)21-44-22-34/h6-13,16-18,31,40H,14-15,19-22H2,1-5H3. The molecule has 2 aliphatic rings. The van der Waals surface area contributed by atoms with E-state index in [0.717, 1.165) is 42.9 Å². The fraction of sp³-hybridized carbons (Fsp3) is 0.400. The Morgan fingerprint density at radius 1 is 0.977 bits per heavy atom. The Morgan fingerprint density at radius 2 is 1.75 bits per heavy atom. The third-order valence-corrected chi connectivity index (χ3v) is 9.02. The van der Waals surface area contributed by atoms with Gasteiger partial charge >= 0.3 is 0 Å². The summed E-state index contributed by atoms with van der Waals surface area (Å²) < 4.78 is 37.8. The number of pyridine rings is 1. The Balaban J connectivity index is 1.57. The topological polar surface area (TPSA) is 76.5 Å². The van der Waals surface area contributed by atoms with Crippen LogP contribution in [0.2, 0.25) is 0 Å². The van der Waals surface area contributed by atoms with Crippen molar-refractivity contribution in [3.63, 3.8) is 0 Å². The first-order chi connectivity index (χ1) is 21.2. The molecule has 2 unspecified atom stereocenters. The number of nitrogens with zero attached hydrogens (tertiary/aromatic N) is 3. The minimum Gasteiger partial charge on any atom is -0.493 e. The van der Waals surface area contributed by atoms with Gasteiger partial charge in [-0.15, -0.1) is 0 Å². The number of aliphatic hydroxyl groups is 1. The number of rotatable bonds is 11. The average Bonchev–Trinajstić information content (AvgIpc) is 2.98. The second-order valence-corrected chi connectivity index (χ2v) is 12.3. The molecule has 6 rings (SSSR count). The van der Waals surface area contributed by atoms with Crippen molar-refractivity contribution in [2.75, 3.05) is 73.2 Å². The molecule has 8 nitrogen and oxygen atoms in total. The highest BCUT2D eigenvalue weighted by Gasteiger charge is 2.49. The summed E-state index contributed by atoms with van der Waals surface area (Å²) in [5, 5.41) is 13.9. The van der Waals surface area contributed by atoms with Crippen LogP contribution in [0, 0.1) is 11.2 Å². The monoisotopic (exact) mass is 601 g/mol. The Kier molecular flexibility index (Phi) is 8.13. The summed E-state index contributed by atoms with van der Waals surface area (Å²) in [5.74, 6) is 0.160. The Labute approximate surface area is 257 Å². The summed E-state index contributed by atoms with van der Waals surface area (Å²) in [6.45, 7) is 4.08. The van der Waals surface area contributed by atoms with Gasteiger partial charge in [-0.25, -0.2) is 9.37 Å². The molecule has 2 aliphatic heterocycles. The van der Waals surface area contributed by atoms with Crippen LogP contribution in [0.1, 0.15) is 29.0 Å². The first-order valence-electron chi connectivity index (χ1n) is 14.9. The SMILES string of the molecule is COc1cccc(C(c2cc3cc(N4CC5(COC5)C4)ccc3nc2OC)C(O)(CCN(C)C)c2cccc(F)c2)c1OC. The second-order valence-electron chi connectivity index (χ2n) is 12.3. The first-order valence-corrected chi connectivity index (χ1v) is 14.9. The molecule has 0 aliphatic carbocycles. The van der Waals surface area contributed by atoms with Crippen molar-refractivity contribution in [2.24, 2.45) is 5.41 Å². The van der Waals surface area contributed by atoms with Gasteiger partial charge in [0.15, 0.2) is 11.5 Å². The maximum Gasteiger partial charge on any atom is 0.217 e. The maximum atomic E-state index is 14.8. The van der Waals surface area contributed by atoms with E-state index in [9.17, 15) is 9.50 Å². The van der Waals surface area contributed by atoms with Crippen LogP contribution in [0.25, 0.3) is 10.9 Å². The summed E-state index contributed by atoms with van der Waals surface area (Å²) >= 11 is 0. The van der Waals surface area contributed by atoms with Gasteiger partial charge in [-0.2, -0.15) is 0 Å². The molecular weight excluding hydrogens is 561 g/mol. The summed E-state index contributed by atoms with van der Waals surface area (Å²) in [6.07, 6.45) is 0.285. The van der Waals surface area contributed by atoms with Crippen molar-refractivity contribution in [3.8, 4) is 17.4 Å². The molecule has 2 fully saturated rings. The Bertz CT molecular complexity index is 1650. The highest BCUT2D eigenvalue weighted by Crippen LogP contribution is 2.51. The number of anilines is 1. The Morgan fingerprint density at radius 3 is 2.39 bits per heavy atom. The van der Waals surface area contributed by atoms with Crippen LogP contribution in [-0.2, 0) is 10.3 Å². The molecule has 1 aromatic heterocycles. The molecule has 1 spiro atoms. The van der Waals surface area contributed by atoms with Gasteiger partial charge in [0, 0.05) is 41.8 Å². The smallest absolute Gasteiger partial charge is 0.217 e. The Hall–Kier alpha value is -3.92. The van der Waals surface area contributed by atoms with Crippen molar-refractivity contribution in [1.29, 1.82) is 0 Å². The van der Waals surface area contributed by atoms with Crippen LogP contribution in [-0.4, -0.2) is 83.3 Å².